The van der Waals surface area contributed by atoms with Crippen molar-refractivity contribution in [3.63, 3.8) is 0 Å². The van der Waals surface area contributed by atoms with Crippen LogP contribution in [0.2, 0.25) is 0 Å². The molecule has 6 heteroatoms. The quantitative estimate of drug-likeness (QED) is 0.386. The fourth-order valence-electron chi connectivity index (χ4n) is 2.27. The van der Waals surface area contributed by atoms with Gasteiger partial charge in [-0.05, 0) is 25.5 Å². The highest BCUT2D eigenvalue weighted by atomic mass is 16.6. The van der Waals surface area contributed by atoms with Gasteiger partial charge in [0.25, 0.3) is 0 Å². The molecule has 0 fully saturated rings. The Morgan fingerprint density at radius 2 is 1.92 bits per heavy atom. The molecule has 0 aromatic heterocycles. The van der Waals surface area contributed by atoms with Crippen molar-refractivity contribution in [2.45, 2.75) is 46.3 Å². The molecule has 2 atom stereocenters. The Morgan fingerprint density at radius 3 is 2.46 bits per heavy atom. The standard InChI is InChI=1S/C18H30N2O4/c1-14(13-21)19-11-8-12-20(23)17(22)24-16(18(2,3)4)15-9-6-5-7-10-15/h5-7,9-10,14,16,19,21,23H,8,11-13H2,1-4H3. The number of carbonyl (C=O) groups excluding carboxylic acids is 1. The van der Waals surface area contributed by atoms with Crippen LogP contribution in [0.3, 0.4) is 0 Å². The number of rotatable bonds is 8. The second kappa shape index (κ2) is 9.61. The number of benzene rings is 1. The Balaban J connectivity index is 2.56. The molecule has 0 bridgehead atoms. The summed E-state index contributed by atoms with van der Waals surface area (Å²) in [4.78, 5) is 12.2. The third-order valence-electron chi connectivity index (χ3n) is 3.63. The van der Waals surface area contributed by atoms with Crippen LogP contribution in [0.25, 0.3) is 0 Å². The van der Waals surface area contributed by atoms with Gasteiger partial charge in [-0.3, -0.25) is 5.21 Å². The van der Waals surface area contributed by atoms with Crippen LogP contribution in [-0.4, -0.2) is 47.2 Å². The second-order valence-corrected chi connectivity index (χ2v) is 7.05. The second-order valence-electron chi connectivity index (χ2n) is 7.05. The minimum Gasteiger partial charge on any atom is -0.439 e. The van der Waals surface area contributed by atoms with E-state index in [-0.39, 0.29) is 24.6 Å². The van der Waals surface area contributed by atoms with Gasteiger partial charge in [-0.15, -0.1) is 0 Å². The topological polar surface area (TPSA) is 82.0 Å². The molecule has 0 saturated heterocycles. The van der Waals surface area contributed by atoms with Gasteiger partial charge in [0.15, 0.2) is 0 Å². The van der Waals surface area contributed by atoms with Crippen molar-refractivity contribution in [3.8, 4) is 0 Å². The predicted octanol–water partition coefficient (Wildman–Crippen LogP) is 2.96. The summed E-state index contributed by atoms with van der Waals surface area (Å²) >= 11 is 0. The summed E-state index contributed by atoms with van der Waals surface area (Å²) in [5.74, 6) is 0. The average Bonchev–Trinajstić information content (AvgIpc) is 2.55. The molecular formula is C18H30N2O4. The Bertz CT molecular complexity index is 488. The SMILES string of the molecule is CC(CO)NCCCN(O)C(=O)OC(c1ccccc1)C(C)(C)C. The van der Waals surface area contributed by atoms with Crippen molar-refractivity contribution in [1.29, 1.82) is 0 Å². The van der Waals surface area contributed by atoms with E-state index >= 15 is 0 Å². The first-order chi connectivity index (χ1) is 11.3. The fourth-order valence-corrected chi connectivity index (χ4v) is 2.27. The van der Waals surface area contributed by atoms with Crippen LogP contribution in [0.15, 0.2) is 30.3 Å². The Morgan fingerprint density at radius 1 is 1.29 bits per heavy atom. The van der Waals surface area contributed by atoms with Crippen molar-refractivity contribution < 1.29 is 19.8 Å². The number of carbonyl (C=O) groups is 1. The van der Waals surface area contributed by atoms with E-state index in [4.69, 9.17) is 9.84 Å². The maximum absolute atomic E-state index is 12.2. The minimum absolute atomic E-state index is 0.00699. The van der Waals surface area contributed by atoms with Gasteiger partial charge in [-0.25, -0.2) is 4.79 Å². The molecular weight excluding hydrogens is 308 g/mol. The maximum Gasteiger partial charge on any atom is 0.434 e. The Labute approximate surface area is 144 Å². The molecule has 1 aromatic rings. The van der Waals surface area contributed by atoms with Gasteiger partial charge >= 0.3 is 6.09 Å². The van der Waals surface area contributed by atoms with Crippen LogP contribution in [-0.2, 0) is 4.74 Å². The highest BCUT2D eigenvalue weighted by molar-refractivity contribution is 5.66. The van der Waals surface area contributed by atoms with Crippen molar-refractivity contribution >= 4 is 6.09 Å². The molecule has 24 heavy (non-hydrogen) atoms. The highest BCUT2D eigenvalue weighted by Gasteiger charge is 2.31. The summed E-state index contributed by atoms with van der Waals surface area (Å²) in [6.45, 7) is 8.62. The van der Waals surface area contributed by atoms with Crippen molar-refractivity contribution in [2.24, 2.45) is 5.41 Å². The number of hydrogen-bond donors (Lipinski definition) is 3. The molecule has 1 rings (SSSR count). The summed E-state index contributed by atoms with van der Waals surface area (Å²) in [5.41, 5.74) is 0.598. The number of hydroxylamine groups is 2. The number of ether oxygens (including phenoxy) is 1. The van der Waals surface area contributed by atoms with Crippen LogP contribution >= 0.6 is 0 Å². The monoisotopic (exact) mass is 338 g/mol. The molecule has 0 saturated carbocycles. The van der Waals surface area contributed by atoms with Crippen molar-refractivity contribution in [2.75, 3.05) is 19.7 Å². The van der Waals surface area contributed by atoms with Gasteiger partial charge in [-0.2, -0.15) is 5.06 Å². The summed E-state index contributed by atoms with van der Waals surface area (Å²) in [6, 6.07) is 9.51. The smallest absolute Gasteiger partial charge is 0.434 e. The zero-order valence-corrected chi connectivity index (χ0v) is 15.0. The number of nitrogens with zero attached hydrogens (tertiary/aromatic N) is 1. The first kappa shape index (κ1) is 20.4. The molecule has 1 aromatic carbocycles. The van der Waals surface area contributed by atoms with Crippen LogP contribution in [0.4, 0.5) is 4.79 Å². The van der Waals surface area contributed by atoms with Gasteiger partial charge in [0, 0.05) is 11.5 Å². The molecule has 1 amide bonds. The third kappa shape index (κ3) is 6.86. The highest BCUT2D eigenvalue weighted by Crippen LogP contribution is 2.36. The Kier molecular flexibility index (Phi) is 8.18. The molecule has 136 valence electrons. The molecule has 0 aliphatic heterocycles. The maximum atomic E-state index is 12.2. The van der Waals surface area contributed by atoms with Gasteiger partial charge in [0.2, 0.25) is 0 Å². The summed E-state index contributed by atoms with van der Waals surface area (Å²) in [5, 5.41) is 22.5. The van der Waals surface area contributed by atoms with E-state index in [9.17, 15) is 10.0 Å². The summed E-state index contributed by atoms with van der Waals surface area (Å²) in [7, 11) is 0. The van der Waals surface area contributed by atoms with Crippen molar-refractivity contribution in [3.05, 3.63) is 35.9 Å². The zero-order chi connectivity index (χ0) is 18.2. The number of amides is 1. The molecule has 0 spiro atoms. The minimum atomic E-state index is -0.756. The van der Waals surface area contributed by atoms with E-state index in [1.165, 1.54) is 0 Å². The molecule has 0 radical (unpaired) electrons. The predicted molar refractivity (Wildman–Crippen MR) is 92.8 cm³/mol. The number of hydrogen-bond acceptors (Lipinski definition) is 5. The van der Waals surface area contributed by atoms with E-state index in [0.717, 1.165) is 5.56 Å². The molecule has 0 heterocycles. The first-order valence-electron chi connectivity index (χ1n) is 8.32. The van der Waals surface area contributed by atoms with E-state index in [1.54, 1.807) is 0 Å². The average molecular weight is 338 g/mol. The lowest BCUT2D eigenvalue weighted by Crippen LogP contribution is -2.36. The van der Waals surface area contributed by atoms with E-state index in [1.807, 2.05) is 58.0 Å². The largest absolute Gasteiger partial charge is 0.439 e. The van der Waals surface area contributed by atoms with E-state index < -0.39 is 12.2 Å². The normalized spacial score (nSPS) is 14.1. The van der Waals surface area contributed by atoms with Gasteiger partial charge in [0.1, 0.15) is 6.10 Å². The number of aliphatic hydroxyl groups excluding tert-OH is 1. The van der Waals surface area contributed by atoms with Crippen LogP contribution in [0, 0.1) is 5.41 Å². The van der Waals surface area contributed by atoms with Gasteiger partial charge in [0.05, 0.1) is 13.2 Å². The fraction of sp³-hybridized carbons (Fsp3) is 0.611. The lowest BCUT2D eigenvalue weighted by atomic mass is 9.84. The lowest BCUT2D eigenvalue weighted by Gasteiger charge is -2.31. The third-order valence-corrected chi connectivity index (χ3v) is 3.63. The van der Waals surface area contributed by atoms with Crippen LogP contribution in [0.5, 0.6) is 0 Å². The molecule has 6 nitrogen and oxygen atoms in total. The number of aliphatic hydroxyl groups is 1. The van der Waals surface area contributed by atoms with Gasteiger partial charge < -0.3 is 15.2 Å². The van der Waals surface area contributed by atoms with Crippen LogP contribution in [0.1, 0.15) is 45.8 Å². The summed E-state index contributed by atoms with van der Waals surface area (Å²) in [6.07, 6.45) is -0.649. The molecule has 2 unspecified atom stereocenters. The van der Waals surface area contributed by atoms with E-state index in [2.05, 4.69) is 5.32 Å². The Hall–Kier alpha value is -1.63. The molecule has 0 aliphatic rings. The zero-order valence-electron chi connectivity index (χ0n) is 15.0. The molecule has 0 aliphatic carbocycles. The first-order valence-corrected chi connectivity index (χ1v) is 8.32. The van der Waals surface area contributed by atoms with Crippen molar-refractivity contribution in [1.82, 2.24) is 10.4 Å². The number of nitrogens with one attached hydrogen (secondary N) is 1. The lowest BCUT2D eigenvalue weighted by molar-refractivity contribution is -0.0960. The molecule has 3 N–H and O–H groups in total. The summed E-state index contributed by atoms with van der Waals surface area (Å²) < 4.78 is 5.54. The van der Waals surface area contributed by atoms with E-state index in [0.29, 0.717) is 18.0 Å². The van der Waals surface area contributed by atoms with Gasteiger partial charge in [-0.1, -0.05) is 51.1 Å². The van der Waals surface area contributed by atoms with Crippen LogP contribution < -0.4 is 5.32 Å².